The maximum atomic E-state index is 15.0. The summed E-state index contributed by atoms with van der Waals surface area (Å²) in [5, 5.41) is 2.05. The first-order valence-electron chi connectivity index (χ1n) is 9.94. The third kappa shape index (κ3) is 3.08. The summed E-state index contributed by atoms with van der Waals surface area (Å²) in [7, 11) is 1.64. The molecule has 0 N–H and O–H groups in total. The minimum Gasteiger partial charge on any atom is -0.497 e. The Labute approximate surface area is 179 Å². The molecule has 4 heteroatoms. The normalized spacial score (nSPS) is 17.1. The molecule has 0 fully saturated rings. The van der Waals surface area contributed by atoms with Crippen molar-refractivity contribution in [1.29, 1.82) is 0 Å². The van der Waals surface area contributed by atoms with E-state index < -0.39 is 5.60 Å². The lowest BCUT2D eigenvalue weighted by Gasteiger charge is -2.36. The number of benzene rings is 4. The number of rotatable bonds is 4. The smallest absolute Gasteiger partial charge is 0.180 e. The largest absolute Gasteiger partial charge is 0.497 e. The van der Waals surface area contributed by atoms with E-state index in [0.29, 0.717) is 16.9 Å². The summed E-state index contributed by atoms with van der Waals surface area (Å²) in [6.07, 6.45) is 4.65. The zero-order valence-corrected chi connectivity index (χ0v) is 16.8. The molecular weight excluding hydrogens is 391 g/mol. The zero-order valence-electron chi connectivity index (χ0n) is 16.8. The Balaban J connectivity index is 1.71. The fraction of sp³-hybridized carbons (Fsp3) is 0.0741. The van der Waals surface area contributed by atoms with Crippen LogP contribution in [0.5, 0.6) is 11.5 Å². The van der Waals surface area contributed by atoms with Crippen molar-refractivity contribution in [2.75, 3.05) is 7.11 Å². The van der Waals surface area contributed by atoms with E-state index >= 15 is 0 Å². The Bertz CT molecular complexity index is 1320. The van der Waals surface area contributed by atoms with Crippen molar-refractivity contribution in [1.82, 2.24) is 0 Å². The van der Waals surface area contributed by atoms with Crippen LogP contribution in [-0.4, -0.2) is 13.4 Å². The van der Waals surface area contributed by atoms with Crippen molar-refractivity contribution in [2.24, 2.45) is 0 Å². The zero-order chi connectivity index (χ0) is 21.4. The molecule has 1 aliphatic rings. The highest BCUT2D eigenvalue weighted by Crippen LogP contribution is 2.45. The lowest BCUT2D eigenvalue weighted by molar-refractivity contribution is 0.112. The van der Waals surface area contributed by atoms with Gasteiger partial charge in [0.1, 0.15) is 23.6 Å². The number of hydrogen-bond donors (Lipinski definition) is 0. The van der Waals surface area contributed by atoms with Gasteiger partial charge in [0.15, 0.2) is 5.60 Å². The summed E-state index contributed by atoms with van der Waals surface area (Å²) >= 11 is 0. The standard InChI is InChI=1S/C27H19FO3/c1-30-21-11-12-22-19(16-21)8-13-26-23(22)14-15-27(31-26,24-4-2-3-5-25(24)28)20-9-6-18(17-29)7-10-20/h2-17H,1H3. The highest BCUT2D eigenvalue weighted by molar-refractivity contribution is 5.94. The first-order valence-corrected chi connectivity index (χ1v) is 9.94. The maximum Gasteiger partial charge on any atom is 0.180 e. The number of carbonyl (C=O) groups excluding carboxylic acids is 1. The van der Waals surface area contributed by atoms with E-state index in [-0.39, 0.29) is 5.82 Å². The van der Waals surface area contributed by atoms with Crippen molar-refractivity contribution in [3.05, 3.63) is 113 Å². The average Bonchev–Trinajstić information content (AvgIpc) is 2.83. The number of carbonyl (C=O) groups is 1. The molecule has 1 unspecified atom stereocenters. The maximum absolute atomic E-state index is 15.0. The van der Waals surface area contributed by atoms with Crippen LogP contribution in [-0.2, 0) is 5.60 Å². The van der Waals surface area contributed by atoms with Crippen LogP contribution in [0, 0.1) is 5.82 Å². The average molecular weight is 410 g/mol. The van der Waals surface area contributed by atoms with E-state index in [4.69, 9.17) is 9.47 Å². The molecule has 1 heterocycles. The van der Waals surface area contributed by atoms with Gasteiger partial charge in [-0.2, -0.15) is 0 Å². The van der Waals surface area contributed by atoms with Crippen LogP contribution in [0.1, 0.15) is 27.0 Å². The van der Waals surface area contributed by atoms with E-state index in [1.165, 1.54) is 6.07 Å². The van der Waals surface area contributed by atoms with Gasteiger partial charge < -0.3 is 9.47 Å². The number of ether oxygens (including phenoxy) is 2. The highest BCUT2D eigenvalue weighted by atomic mass is 19.1. The molecule has 1 aliphatic heterocycles. The van der Waals surface area contributed by atoms with Crippen LogP contribution < -0.4 is 9.47 Å². The number of hydrogen-bond acceptors (Lipinski definition) is 3. The van der Waals surface area contributed by atoms with E-state index in [0.717, 1.165) is 33.9 Å². The molecule has 5 rings (SSSR count). The van der Waals surface area contributed by atoms with Gasteiger partial charge in [0.2, 0.25) is 0 Å². The molecule has 1 atom stereocenters. The number of fused-ring (bicyclic) bond motifs is 3. The molecule has 0 saturated carbocycles. The molecule has 0 aromatic heterocycles. The van der Waals surface area contributed by atoms with Gasteiger partial charge in [0, 0.05) is 22.3 Å². The predicted octanol–water partition coefficient (Wildman–Crippen LogP) is 6.15. The van der Waals surface area contributed by atoms with E-state index in [1.807, 2.05) is 42.5 Å². The molecule has 3 nitrogen and oxygen atoms in total. The molecule has 4 aromatic rings. The molecule has 0 saturated heterocycles. The Morgan fingerprint density at radius 3 is 2.52 bits per heavy atom. The predicted molar refractivity (Wildman–Crippen MR) is 119 cm³/mol. The fourth-order valence-electron chi connectivity index (χ4n) is 4.14. The van der Waals surface area contributed by atoms with Crippen LogP contribution in [0.15, 0.2) is 84.9 Å². The Hall–Kier alpha value is -3.92. The second-order valence-corrected chi connectivity index (χ2v) is 7.46. The van der Waals surface area contributed by atoms with Gasteiger partial charge in [-0.3, -0.25) is 4.79 Å². The molecule has 31 heavy (non-hydrogen) atoms. The minimum atomic E-state index is -1.15. The topological polar surface area (TPSA) is 35.5 Å². The number of aldehydes is 1. The Morgan fingerprint density at radius 1 is 0.968 bits per heavy atom. The highest BCUT2D eigenvalue weighted by Gasteiger charge is 2.39. The third-order valence-electron chi connectivity index (χ3n) is 5.73. The van der Waals surface area contributed by atoms with Gasteiger partial charge in [-0.05, 0) is 53.3 Å². The lowest BCUT2D eigenvalue weighted by Crippen LogP contribution is -2.35. The third-order valence-corrected chi connectivity index (χ3v) is 5.73. The minimum absolute atomic E-state index is 0.361. The molecule has 0 amide bonds. The summed E-state index contributed by atoms with van der Waals surface area (Å²) in [4.78, 5) is 11.1. The second kappa shape index (κ2) is 7.40. The van der Waals surface area contributed by atoms with Crippen molar-refractivity contribution in [3.63, 3.8) is 0 Å². The van der Waals surface area contributed by atoms with Gasteiger partial charge in [0.25, 0.3) is 0 Å². The van der Waals surface area contributed by atoms with Gasteiger partial charge >= 0.3 is 0 Å². The van der Waals surface area contributed by atoms with Crippen LogP contribution in [0.2, 0.25) is 0 Å². The van der Waals surface area contributed by atoms with E-state index in [9.17, 15) is 9.18 Å². The molecule has 152 valence electrons. The summed E-state index contributed by atoms with van der Waals surface area (Å²) < 4.78 is 26.9. The lowest BCUT2D eigenvalue weighted by atomic mass is 9.82. The summed E-state index contributed by atoms with van der Waals surface area (Å²) in [5.41, 5.74) is 1.47. The first-order chi connectivity index (χ1) is 15.1. The van der Waals surface area contributed by atoms with E-state index in [2.05, 4.69) is 0 Å². The molecule has 0 aliphatic carbocycles. The number of halogens is 1. The summed E-state index contributed by atoms with van der Waals surface area (Å²) in [6, 6.07) is 23.4. The van der Waals surface area contributed by atoms with Crippen molar-refractivity contribution in [3.8, 4) is 11.5 Å². The number of methoxy groups -OCH3 is 1. The van der Waals surface area contributed by atoms with Crippen molar-refractivity contribution in [2.45, 2.75) is 5.60 Å². The Morgan fingerprint density at radius 2 is 1.77 bits per heavy atom. The quantitative estimate of drug-likeness (QED) is 0.379. The summed E-state index contributed by atoms with van der Waals surface area (Å²) in [5.74, 6) is 1.08. The van der Waals surface area contributed by atoms with Crippen LogP contribution >= 0.6 is 0 Å². The first kappa shape index (κ1) is 19.1. The van der Waals surface area contributed by atoms with Crippen LogP contribution in [0.3, 0.4) is 0 Å². The van der Waals surface area contributed by atoms with Gasteiger partial charge in [0.05, 0.1) is 7.11 Å². The van der Waals surface area contributed by atoms with Crippen molar-refractivity contribution < 1.29 is 18.7 Å². The Kier molecular flexibility index (Phi) is 4.55. The molecule has 4 aromatic carbocycles. The summed E-state index contributed by atoms with van der Waals surface area (Å²) in [6.45, 7) is 0. The van der Waals surface area contributed by atoms with Gasteiger partial charge in [-0.25, -0.2) is 4.39 Å². The van der Waals surface area contributed by atoms with Crippen molar-refractivity contribution >= 4 is 23.1 Å². The fourth-order valence-corrected chi connectivity index (χ4v) is 4.14. The van der Waals surface area contributed by atoms with Gasteiger partial charge in [-0.15, -0.1) is 0 Å². The van der Waals surface area contributed by atoms with Crippen LogP contribution in [0.25, 0.3) is 16.8 Å². The molecular formula is C27H19FO3. The molecule has 0 radical (unpaired) electrons. The SMILES string of the molecule is COc1ccc2c3c(ccc2c1)OC(c1ccc(C=O)cc1)(c1ccccc1F)C=C3. The second-order valence-electron chi connectivity index (χ2n) is 7.46. The van der Waals surface area contributed by atoms with E-state index in [1.54, 1.807) is 49.6 Å². The molecule has 0 spiro atoms. The molecule has 0 bridgehead atoms. The monoisotopic (exact) mass is 410 g/mol. The van der Waals surface area contributed by atoms with Gasteiger partial charge in [-0.1, -0.05) is 48.5 Å². The van der Waals surface area contributed by atoms with Crippen LogP contribution in [0.4, 0.5) is 4.39 Å².